The fourth-order valence-electron chi connectivity index (χ4n) is 1.98. The van der Waals surface area contributed by atoms with Gasteiger partial charge in [0.2, 0.25) is 0 Å². The van der Waals surface area contributed by atoms with Crippen LogP contribution in [0.25, 0.3) is 0 Å². The predicted octanol–water partition coefficient (Wildman–Crippen LogP) is 2.38. The van der Waals surface area contributed by atoms with Crippen molar-refractivity contribution in [1.29, 1.82) is 0 Å². The van der Waals surface area contributed by atoms with Gasteiger partial charge in [0.05, 0.1) is 13.2 Å². The lowest BCUT2D eigenvalue weighted by Gasteiger charge is -2.10. The highest BCUT2D eigenvalue weighted by Crippen LogP contribution is 2.24. The van der Waals surface area contributed by atoms with Crippen LogP contribution in [0.5, 0.6) is 0 Å². The van der Waals surface area contributed by atoms with Gasteiger partial charge in [-0.1, -0.05) is 12.1 Å². The largest absolute Gasteiger partial charge is 0.346 e. The molecule has 1 N–H and O–H groups in total. The summed E-state index contributed by atoms with van der Waals surface area (Å²) in [5.41, 5.74) is 2.25. The smallest absolute Gasteiger partial charge is 0.255 e. The van der Waals surface area contributed by atoms with Gasteiger partial charge >= 0.3 is 0 Å². The fourth-order valence-corrected chi connectivity index (χ4v) is 1.98. The molecule has 5 heteroatoms. The first-order valence-corrected chi connectivity index (χ1v) is 6.37. The molecule has 0 aliphatic carbocycles. The van der Waals surface area contributed by atoms with Crippen LogP contribution >= 0.6 is 0 Å². The molecule has 1 amide bonds. The number of ether oxygens (including phenoxy) is 2. The molecule has 1 aromatic carbocycles. The minimum Gasteiger partial charge on any atom is -0.346 e. The average molecular weight is 270 g/mol. The van der Waals surface area contributed by atoms with Crippen LogP contribution in [-0.4, -0.2) is 24.1 Å². The van der Waals surface area contributed by atoms with Gasteiger partial charge in [0.1, 0.15) is 0 Å². The first-order valence-electron chi connectivity index (χ1n) is 6.37. The number of carbonyl (C=O) groups excluding carboxylic acids is 1. The van der Waals surface area contributed by atoms with Crippen molar-refractivity contribution < 1.29 is 14.3 Å². The second-order valence-corrected chi connectivity index (χ2v) is 4.39. The zero-order chi connectivity index (χ0) is 13.8. The summed E-state index contributed by atoms with van der Waals surface area (Å²) in [4.78, 5) is 15.8. The molecule has 5 nitrogen and oxygen atoms in total. The second kappa shape index (κ2) is 5.81. The molecule has 0 saturated carbocycles. The SMILES string of the molecule is O=C(Nc1ccc(C2OCCO2)cc1)c1ccncc1. The van der Waals surface area contributed by atoms with Crippen LogP contribution in [0.1, 0.15) is 22.2 Å². The lowest BCUT2D eigenvalue weighted by atomic mass is 10.2. The molecule has 0 radical (unpaired) electrons. The fraction of sp³-hybridized carbons (Fsp3) is 0.200. The van der Waals surface area contributed by atoms with Crippen molar-refractivity contribution in [3.05, 3.63) is 59.9 Å². The van der Waals surface area contributed by atoms with Gasteiger partial charge in [-0.2, -0.15) is 0 Å². The van der Waals surface area contributed by atoms with Crippen LogP contribution in [0.15, 0.2) is 48.8 Å². The van der Waals surface area contributed by atoms with E-state index in [9.17, 15) is 4.79 Å². The van der Waals surface area contributed by atoms with E-state index >= 15 is 0 Å². The molecule has 1 aliphatic heterocycles. The molecule has 1 fully saturated rings. The van der Waals surface area contributed by atoms with Crippen LogP contribution in [0, 0.1) is 0 Å². The Kier molecular flexibility index (Phi) is 3.71. The zero-order valence-corrected chi connectivity index (χ0v) is 10.8. The van der Waals surface area contributed by atoms with E-state index in [1.165, 1.54) is 0 Å². The maximum absolute atomic E-state index is 12.0. The standard InChI is InChI=1S/C15H14N2O3/c18-14(11-5-7-16-8-6-11)17-13-3-1-12(2-4-13)15-19-9-10-20-15/h1-8,15H,9-10H2,(H,17,18). The Hall–Kier alpha value is -2.24. The van der Waals surface area contributed by atoms with Gasteiger partial charge in [-0.25, -0.2) is 0 Å². The van der Waals surface area contributed by atoms with E-state index in [0.29, 0.717) is 18.8 Å². The predicted molar refractivity (Wildman–Crippen MR) is 73.3 cm³/mol. The monoisotopic (exact) mass is 270 g/mol. The number of rotatable bonds is 3. The van der Waals surface area contributed by atoms with Gasteiger partial charge < -0.3 is 14.8 Å². The molecule has 0 unspecified atom stereocenters. The molecule has 0 spiro atoms. The highest BCUT2D eigenvalue weighted by molar-refractivity contribution is 6.04. The van der Waals surface area contributed by atoms with Crippen molar-refractivity contribution in [2.75, 3.05) is 18.5 Å². The number of nitrogens with zero attached hydrogens (tertiary/aromatic N) is 1. The van der Waals surface area contributed by atoms with E-state index in [1.807, 2.05) is 24.3 Å². The molecular formula is C15H14N2O3. The third-order valence-electron chi connectivity index (χ3n) is 3.01. The van der Waals surface area contributed by atoms with Gasteiger partial charge in [-0.3, -0.25) is 9.78 Å². The first-order chi connectivity index (χ1) is 9.83. The molecule has 20 heavy (non-hydrogen) atoms. The number of hydrogen-bond acceptors (Lipinski definition) is 4. The highest BCUT2D eigenvalue weighted by Gasteiger charge is 2.17. The Bertz CT molecular complexity index is 578. The van der Waals surface area contributed by atoms with Gasteiger partial charge in [-0.05, 0) is 24.3 Å². The summed E-state index contributed by atoms with van der Waals surface area (Å²) in [5.74, 6) is -0.159. The summed E-state index contributed by atoms with van der Waals surface area (Å²) >= 11 is 0. The molecule has 2 aromatic rings. The number of aromatic nitrogens is 1. The van der Waals surface area contributed by atoms with E-state index in [-0.39, 0.29) is 12.2 Å². The third kappa shape index (κ3) is 2.84. The van der Waals surface area contributed by atoms with Gasteiger partial charge in [-0.15, -0.1) is 0 Å². The van der Waals surface area contributed by atoms with E-state index in [2.05, 4.69) is 10.3 Å². The topological polar surface area (TPSA) is 60.5 Å². The second-order valence-electron chi connectivity index (χ2n) is 4.39. The van der Waals surface area contributed by atoms with Gasteiger partial charge in [0.25, 0.3) is 5.91 Å². The lowest BCUT2D eigenvalue weighted by molar-refractivity contribution is -0.0441. The van der Waals surface area contributed by atoms with E-state index in [4.69, 9.17) is 9.47 Å². The molecular weight excluding hydrogens is 256 g/mol. The Labute approximate surface area is 116 Å². The van der Waals surface area contributed by atoms with Crippen molar-refractivity contribution in [2.24, 2.45) is 0 Å². The van der Waals surface area contributed by atoms with Crippen molar-refractivity contribution in [3.63, 3.8) is 0 Å². The van der Waals surface area contributed by atoms with Gasteiger partial charge in [0, 0.05) is 29.2 Å². The maximum atomic E-state index is 12.0. The molecule has 0 bridgehead atoms. The van der Waals surface area contributed by atoms with Gasteiger partial charge in [0.15, 0.2) is 6.29 Å². The third-order valence-corrected chi connectivity index (χ3v) is 3.01. The van der Waals surface area contributed by atoms with Crippen molar-refractivity contribution in [1.82, 2.24) is 4.98 Å². The minimum absolute atomic E-state index is 0.159. The summed E-state index contributed by atoms with van der Waals surface area (Å²) < 4.78 is 10.8. The van der Waals surface area contributed by atoms with Crippen molar-refractivity contribution >= 4 is 11.6 Å². The number of nitrogens with one attached hydrogen (secondary N) is 1. The quantitative estimate of drug-likeness (QED) is 0.930. The van der Waals surface area contributed by atoms with Crippen LogP contribution in [0.4, 0.5) is 5.69 Å². The van der Waals surface area contributed by atoms with Crippen molar-refractivity contribution in [2.45, 2.75) is 6.29 Å². The van der Waals surface area contributed by atoms with E-state index in [0.717, 1.165) is 11.3 Å². The molecule has 1 aliphatic rings. The molecule has 102 valence electrons. The van der Waals surface area contributed by atoms with Crippen LogP contribution < -0.4 is 5.32 Å². The molecule has 2 heterocycles. The lowest BCUT2D eigenvalue weighted by Crippen LogP contribution is -2.11. The summed E-state index contributed by atoms with van der Waals surface area (Å²) in [6.45, 7) is 1.23. The maximum Gasteiger partial charge on any atom is 0.255 e. The Morgan fingerprint density at radius 2 is 1.70 bits per heavy atom. The van der Waals surface area contributed by atoms with Crippen molar-refractivity contribution in [3.8, 4) is 0 Å². The number of anilines is 1. The number of carbonyl (C=O) groups is 1. The number of benzene rings is 1. The summed E-state index contributed by atoms with van der Waals surface area (Å²) in [7, 11) is 0. The Balaban J connectivity index is 1.67. The van der Waals surface area contributed by atoms with Crippen LogP contribution in [0.3, 0.4) is 0 Å². The number of hydrogen-bond donors (Lipinski definition) is 1. The summed E-state index contributed by atoms with van der Waals surface area (Å²) in [5, 5.41) is 2.83. The average Bonchev–Trinajstić information content (AvgIpc) is 3.03. The molecule has 1 aromatic heterocycles. The Morgan fingerprint density at radius 1 is 1.05 bits per heavy atom. The van der Waals surface area contributed by atoms with Crippen LogP contribution in [-0.2, 0) is 9.47 Å². The molecule has 0 atom stereocenters. The Morgan fingerprint density at radius 3 is 2.35 bits per heavy atom. The molecule has 3 rings (SSSR count). The minimum atomic E-state index is -0.292. The normalized spacial score (nSPS) is 15.2. The number of pyridine rings is 1. The van der Waals surface area contributed by atoms with Crippen LogP contribution in [0.2, 0.25) is 0 Å². The summed E-state index contributed by atoms with van der Waals surface area (Å²) in [6, 6.07) is 10.8. The zero-order valence-electron chi connectivity index (χ0n) is 10.8. The van der Waals surface area contributed by atoms with E-state index < -0.39 is 0 Å². The molecule has 1 saturated heterocycles. The number of amides is 1. The van der Waals surface area contributed by atoms with E-state index in [1.54, 1.807) is 24.5 Å². The highest BCUT2D eigenvalue weighted by atomic mass is 16.7. The summed E-state index contributed by atoms with van der Waals surface area (Å²) in [6.07, 6.45) is 2.89. The first kappa shape index (κ1) is 12.8.